The van der Waals surface area contributed by atoms with Crippen molar-refractivity contribution >= 4 is 17.7 Å². The lowest BCUT2D eigenvalue weighted by atomic mass is 10.00. The minimum absolute atomic E-state index is 0.244. The third-order valence-corrected chi connectivity index (χ3v) is 5.53. The van der Waals surface area contributed by atoms with Crippen LogP contribution in [0, 0.1) is 11.3 Å². The summed E-state index contributed by atoms with van der Waals surface area (Å²) in [6, 6.07) is 9.37. The molecule has 2 aromatic rings. The van der Waals surface area contributed by atoms with E-state index in [2.05, 4.69) is 21.5 Å². The molecule has 1 amide bonds. The molecule has 1 aliphatic heterocycles. The van der Waals surface area contributed by atoms with Crippen molar-refractivity contribution in [2.45, 2.75) is 30.7 Å². The average molecular weight is 340 g/mol. The van der Waals surface area contributed by atoms with Crippen LogP contribution in [0.3, 0.4) is 0 Å². The average Bonchev–Trinajstić information content (AvgIpc) is 3.16. The zero-order valence-electron chi connectivity index (χ0n) is 13.0. The number of aromatic nitrogens is 2. The molecule has 1 aromatic heterocycles. The van der Waals surface area contributed by atoms with Crippen LogP contribution in [-0.2, 0) is 0 Å². The normalized spacial score (nSPS) is 23.0. The van der Waals surface area contributed by atoms with Gasteiger partial charge in [0.05, 0.1) is 6.07 Å². The first-order valence-corrected chi connectivity index (χ1v) is 9.10. The number of hydrogen-bond acceptors (Lipinski definition) is 6. The molecule has 0 unspecified atom stereocenters. The lowest BCUT2D eigenvalue weighted by Crippen LogP contribution is -2.47. The highest BCUT2D eigenvalue weighted by Crippen LogP contribution is 2.39. The second kappa shape index (κ2) is 5.95. The van der Waals surface area contributed by atoms with Gasteiger partial charge in [-0.15, -0.1) is 0 Å². The van der Waals surface area contributed by atoms with Crippen LogP contribution >= 0.6 is 11.8 Å². The number of carbonyl (C=O) groups excluding carboxylic acids is 1. The molecule has 1 N–H and O–H groups in total. The van der Waals surface area contributed by atoms with Crippen LogP contribution in [0.1, 0.15) is 41.4 Å². The molecule has 1 saturated heterocycles. The fourth-order valence-corrected chi connectivity index (χ4v) is 3.98. The molecule has 1 aromatic carbocycles. The zero-order chi connectivity index (χ0) is 16.6. The first-order valence-electron chi connectivity index (χ1n) is 7.95. The smallest absolute Gasteiger partial charge is 0.252 e. The van der Waals surface area contributed by atoms with Gasteiger partial charge in [-0.2, -0.15) is 22.0 Å². The zero-order valence-corrected chi connectivity index (χ0v) is 13.8. The van der Waals surface area contributed by atoms with Crippen LogP contribution in [0.15, 0.2) is 28.8 Å². The standard InChI is InChI=1S/C17H16N4O2S/c18-9-17(6-7-24-10-17)20-15(22)13-3-1-2-12(8-13)14-19-16(23-21-14)11-4-5-11/h1-3,8,11H,4-7,10H2,(H,20,22)/t17-/m0/s1. The van der Waals surface area contributed by atoms with Gasteiger partial charge in [-0.3, -0.25) is 4.79 Å². The van der Waals surface area contributed by atoms with Crippen molar-refractivity contribution in [3.63, 3.8) is 0 Å². The van der Waals surface area contributed by atoms with E-state index in [-0.39, 0.29) is 5.91 Å². The van der Waals surface area contributed by atoms with Gasteiger partial charge in [-0.25, -0.2) is 0 Å². The van der Waals surface area contributed by atoms with Crippen molar-refractivity contribution in [3.05, 3.63) is 35.7 Å². The summed E-state index contributed by atoms with van der Waals surface area (Å²) in [7, 11) is 0. The first kappa shape index (κ1) is 15.2. The molecule has 2 aliphatic rings. The molecule has 0 bridgehead atoms. The fourth-order valence-electron chi connectivity index (χ4n) is 2.72. The maximum absolute atomic E-state index is 12.5. The number of nitrogens with zero attached hydrogens (tertiary/aromatic N) is 3. The number of benzene rings is 1. The van der Waals surface area contributed by atoms with Crippen LogP contribution in [0.2, 0.25) is 0 Å². The van der Waals surface area contributed by atoms with Crippen LogP contribution in [0.5, 0.6) is 0 Å². The van der Waals surface area contributed by atoms with Gasteiger partial charge in [0, 0.05) is 22.8 Å². The number of thioether (sulfide) groups is 1. The molecule has 1 saturated carbocycles. The summed E-state index contributed by atoms with van der Waals surface area (Å²) < 4.78 is 5.28. The Morgan fingerprint density at radius 3 is 3.04 bits per heavy atom. The molecule has 2 heterocycles. The summed E-state index contributed by atoms with van der Waals surface area (Å²) >= 11 is 1.68. The highest BCUT2D eigenvalue weighted by molar-refractivity contribution is 7.99. The number of carbonyl (C=O) groups is 1. The Kier molecular flexibility index (Phi) is 3.77. The molecule has 6 nitrogen and oxygen atoms in total. The van der Waals surface area contributed by atoms with E-state index in [1.165, 1.54) is 0 Å². The monoisotopic (exact) mass is 340 g/mol. The molecule has 0 radical (unpaired) electrons. The predicted molar refractivity (Wildman–Crippen MR) is 89.5 cm³/mol. The van der Waals surface area contributed by atoms with Crippen LogP contribution in [0.4, 0.5) is 0 Å². The third kappa shape index (κ3) is 2.89. The summed E-state index contributed by atoms with van der Waals surface area (Å²) in [5, 5.41) is 16.3. The molecule has 7 heteroatoms. The van der Waals surface area contributed by atoms with E-state index >= 15 is 0 Å². The molecule has 24 heavy (non-hydrogen) atoms. The van der Waals surface area contributed by atoms with Crippen LogP contribution < -0.4 is 5.32 Å². The van der Waals surface area contributed by atoms with Gasteiger partial charge < -0.3 is 9.84 Å². The van der Waals surface area contributed by atoms with E-state index in [9.17, 15) is 10.1 Å². The van der Waals surface area contributed by atoms with Crippen molar-refractivity contribution in [2.24, 2.45) is 0 Å². The van der Waals surface area contributed by atoms with Crippen molar-refractivity contribution < 1.29 is 9.32 Å². The quantitative estimate of drug-likeness (QED) is 0.920. The van der Waals surface area contributed by atoms with Gasteiger partial charge in [0.25, 0.3) is 5.91 Å². The highest BCUT2D eigenvalue weighted by Gasteiger charge is 2.36. The van der Waals surface area contributed by atoms with E-state index in [4.69, 9.17) is 4.52 Å². The molecular weight excluding hydrogens is 324 g/mol. The Morgan fingerprint density at radius 1 is 1.46 bits per heavy atom. The highest BCUT2D eigenvalue weighted by atomic mass is 32.2. The lowest BCUT2D eigenvalue weighted by molar-refractivity contribution is 0.0926. The van der Waals surface area contributed by atoms with E-state index in [0.29, 0.717) is 35.4 Å². The summed E-state index contributed by atoms with van der Waals surface area (Å²) in [4.78, 5) is 16.9. The largest absolute Gasteiger partial charge is 0.339 e. The van der Waals surface area contributed by atoms with Crippen molar-refractivity contribution in [3.8, 4) is 17.5 Å². The molecule has 0 spiro atoms. The predicted octanol–water partition coefficient (Wildman–Crippen LogP) is 2.74. The molecule has 1 atom stereocenters. The van der Waals surface area contributed by atoms with E-state index in [0.717, 1.165) is 24.2 Å². The SMILES string of the molecule is N#C[C@@]1(NC(=O)c2cccc(-c3noc(C4CC4)n3)c2)CCSC1. The number of nitriles is 1. The molecular formula is C17H16N4O2S. The van der Waals surface area contributed by atoms with Gasteiger partial charge in [0.15, 0.2) is 0 Å². The number of hydrogen-bond donors (Lipinski definition) is 1. The van der Waals surface area contributed by atoms with Gasteiger partial charge in [-0.1, -0.05) is 17.3 Å². The summed E-state index contributed by atoms with van der Waals surface area (Å²) in [6.07, 6.45) is 2.87. The van der Waals surface area contributed by atoms with Crippen molar-refractivity contribution in [2.75, 3.05) is 11.5 Å². The van der Waals surface area contributed by atoms with Gasteiger partial charge >= 0.3 is 0 Å². The Hall–Kier alpha value is -2.33. The minimum Gasteiger partial charge on any atom is -0.339 e. The van der Waals surface area contributed by atoms with E-state index in [1.807, 2.05) is 6.07 Å². The molecule has 2 fully saturated rings. The lowest BCUT2D eigenvalue weighted by Gasteiger charge is -2.21. The van der Waals surface area contributed by atoms with Crippen molar-refractivity contribution in [1.82, 2.24) is 15.5 Å². The summed E-state index contributed by atoms with van der Waals surface area (Å²) in [6.45, 7) is 0. The summed E-state index contributed by atoms with van der Waals surface area (Å²) in [5.41, 5.74) is 0.477. The van der Waals surface area contributed by atoms with E-state index in [1.54, 1.807) is 30.0 Å². The number of rotatable bonds is 4. The third-order valence-electron chi connectivity index (χ3n) is 4.34. The number of amides is 1. The van der Waals surface area contributed by atoms with E-state index < -0.39 is 5.54 Å². The Labute approximate surface area is 143 Å². The van der Waals surface area contributed by atoms with Crippen LogP contribution in [0.25, 0.3) is 11.4 Å². The molecule has 4 rings (SSSR count). The Morgan fingerprint density at radius 2 is 2.33 bits per heavy atom. The Balaban J connectivity index is 1.55. The topological polar surface area (TPSA) is 91.8 Å². The second-order valence-corrected chi connectivity index (χ2v) is 7.37. The maximum Gasteiger partial charge on any atom is 0.252 e. The summed E-state index contributed by atoms with van der Waals surface area (Å²) in [5.74, 6) is 2.84. The van der Waals surface area contributed by atoms with Crippen LogP contribution in [-0.4, -0.2) is 33.1 Å². The Bertz CT molecular complexity index is 816. The fraction of sp³-hybridized carbons (Fsp3) is 0.412. The molecule has 122 valence electrons. The minimum atomic E-state index is -0.761. The second-order valence-electron chi connectivity index (χ2n) is 6.26. The molecule has 1 aliphatic carbocycles. The van der Waals surface area contributed by atoms with Crippen molar-refractivity contribution in [1.29, 1.82) is 5.26 Å². The van der Waals surface area contributed by atoms with Gasteiger partial charge in [0.2, 0.25) is 11.7 Å². The van der Waals surface area contributed by atoms with Gasteiger partial charge in [-0.05, 0) is 37.1 Å². The maximum atomic E-state index is 12.5. The van der Waals surface area contributed by atoms with Gasteiger partial charge in [0.1, 0.15) is 5.54 Å². The number of nitrogens with one attached hydrogen (secondary N) is 1. The first-order chi connectivity index (χ1) is 11.7.